The molecule has 0 saturated carbocycles. The molecule has 0 aromatic heterocycles. The first-order valence-electron chi connectivity index (χ1n) is 8.46. The summed E-state index contributed by atoms with van der Waals surface area (Å²) in [5, 5.41) is 5.53. The fourth-order valence-electron chi connectivity index (χ4n) is 2.56. The van der Waals surface area contributed by atoms with Gasteiger partial charge in [0, 0.05) is 6.92 Å². The Morgan fingerprint density at radius 3 is 2.20 bits per heavy atom. The van der Waals surface area contributed by atoms with Crippen LogP contribution < -0.4 is 10.6 Å². The van der Waals surface area contributed by atoms with Gasteiger partial charge < -0.3 is 10.6 Å². The third-order valence-electron chi connectivity index (χ3n) is 3.68. The Hall–Kier alpha value is -1.82. The zero-order valence-corrected chi connectivity index (χ0v) is 16.2. The van der Waals surface area contributed by atoms with Crippen molar-refractivity contribution in [3.63, 3.8) is 0 Å². The molecule has 138 valence electrons. The summed E-state index contributed by atoms with van der Waals surface area (Å²) in [7, 11) is 0. The van der Waals surface area contributed by atoms with Crippen LogP contribution >= 0.6 is 11.8 Å². The second-order valence-electron chi connectivity index (χ2n) is 6.53. The molecule has 1 aromatic carbocycles. The molecule has 0 radical (unpaired) electrons. The van der Waals surface area contributed by atoms with Gasteiger partial charge in [0.05, 0.1) is 11.8 Å². The lowest BCUT2D eigenvalue weighted by Gasteiger charge is -2.23. The monoisotopic (exact) mass is 364 g/mol. The van der Waals surface area contributed by atoms with E-state index in [0.717, 1.165) is 5.56 Å². The highest BCUT2D eigenvalue weighted by Crippen LogP contribution is 2.09. The van der Waals surface area contributed by atoms with E-state index in [1.165, 1.54) is 18.7 Å². The molecule has 2 amide bonds. The van der Waals surface area contributed by atoms with Crippen molar-refractivity contribution >= 4 is 29.4 Å². The van der Waals surface area contributed by atoms with Gasteiger partial charge in [-0.3, -0.25) is 14.4 Å². The Bertz CT molecular complexity index is 575. The van der Waals surface area contributed by atoms with Gasteiger partial charge in [-0.25, -0.2) is 0 Å². The maximum atomic E-state index is 12.6. The van der Waals surface area contributed by atoms with Crippen LogP contribution in [-0.4, -0.2) is 41.7 Å². The van der Waals surface area contributed by atoms with E-state index in [2.05, 4.69) is 10.6 Å². The van der Waals surface area contributed by atoms with Gasteiger partial charge in [0.1, 0.15) is 6.04 Å². The van der Waals surface area contributed by atoms with Crippen LogP contribution in [0.4, 0.5) is 0 Å². The van der Waals surface area contributed by atoms with Crippen molar-refractivity contribution in [3.8, 4) is 0 Å². The minimum Gasteiger partial charge on any atom is -0.345 e. The predicted octanol–water partition coefficient (Wildman–Crippen LogP) is 2.20. The lowest BCUT2D eigenvalue weighted by molar-refractivity contribution is -0.130. The Balaban J connectivity index is 2.87. The molecule has 25 heavy (non-hydrogen) atoms. The summed E-state index contributed by atoms with van der Waals surface area (Å²) in [4.78, 5) is 36.5. The standard InChI is InChI=1S/C19H28N2O3S/c1-13(2)10-17(20-14(3)22)19(24)21-16(18(23)12-25-4)11-15-8-6-5-7-9-15/h5-9,13,16-17H,10-12H2,1-4H3,(H,20,22)(H,21,24). The van der Waals surface area contributed by atoms with Gasteiger partial charge in [-0.05, 0) is 30.6 Å². The molecule has 0 fully saturated rings. The molecule has 0 aliphatic rings. The quantitative estimate of drug-likeness (QED) is 0.667. The van der Waals surface area contributed by atoms with E-state index in [1.54, 1.807) is 0 Å². The largest absolute Gasteiger partial charge is 0.345 e. The summed E-state index contributed by atoms with van der Waals surface area (Å²) in [6.45, 7) is 5.37. The highest BCUT2D eigenvalue weighted by Gasteiger charge is 2.26. The fraction of sp³-hybridized carbons (Fsp3) is 0.526. The van der Waals surface area contributed by atoms with Crippen molar-refractivity contribution < 1.29 is 14.4 Å². The van der Waals surface area contributed by atoms with E-state index in [4.69, 9.17) is 0 Å². The number of ketones is 1. The van der Waals surface area contributed by atoms with E-state index in [-0.39, 0.29) is 23.5 Å². The van der Waals surface area contributed by atoms with Crippen molar-refractivity contribution in [2.24, 2.45) is 5.92 Å². The molecular weight excluding hydrogens is 336 g/mol. The first-order valence-corrected chi connectivity index (χ1v) is 9.86. The molecule has 1 rings (SSSR count). The van der Waals surface area contributed by atoms with Crippen LogP contribution in [0.15, 0.2) is 30.3 Å². The number of carbonyl (C=O) groups excluding carboxylic acids is 3. The normalized spacial score (nSPS) is 13.2. The summed E-state index contributed by atoms with van der Waals surface area (Å²) in [5.74, 6) is 0.00952. The second-order valence-corrected chi connectivity index (χ2v) is 7.40. The Morgan fingerprint density at radius 1 is 1.04 bits per heavy atom. The van der Waals surface area contributed by atoms with Crippen LogP contribution in [0.25, 0.3) is 0 Å². The first-order chi connectivity index (χ1) is 11.8. The van der Waals surface area contributed by atoms with Crippen LogP contribution in [0, 0.1) is 5.92 Å². The Kier molecular flexibility index (Phi) is 9.27. The third kappa shape index (κ3) is 8.20. The van der Waals surface area contributed by atoms with Crippen LogP contribution in [0.3, 0.4) is 0 Å². The van der Waals surface area contributed by atoms with Crippen LogP contribution in [0.2, 0.25) is 0 Å². The number of benzene rings is 1. The number of hydrogen-bond acceptors (Lipinski definition) is 4. The van der Waals surface area contributed by atoms with Gasteiger partial charge in [-0.15, -0.1) is 0 Å². The number of amides is 2. The molecule has 2 unspecified atom stereocenters. The topological polar surface area (TPSA) is 75.3 Å². The lowest BCUT2D eigenvalue weighted by atomic mass is 10.00. The SMILES string of the molecule is CSCC(=O)C(Cc1ccccc1)NC(=O)C(CC(C)C)NC(C)=O. The van der Waals surface area contributed by atoms with Gasteiger partial charge in [0.15, 0.2) is 5.78 Å². The highest BCUT2D eigenvalue weighted by atomic mass is 32.2. The minimum absolute atomic E-state index is 0.0178. The maximum absolute atomic E-state index is 12.6. The smallest absolute Gasteiger partial charge is 0.243 e. The van der Waals surface area contributed by atoms with Crippen molar-refractivity contribution in [1.29, 1.82) is 0 Å². The zero-order chi connectivity index (χ0) is 18.8. The molecular formula is C19H28N2O3S. The summed E-state index contributed by atoms with van der Waals surface area (Å²) in [5.41, 5.74) is 0.988. The van der Waals surface area contributed by atoms with Crippen molar-refractivity contribution in [2.75, 3.05) is 12.0 Å². The summed E-state index contributed by atoms with van der Waals surface area (Å²) >= 11 is 1.43. The van der Waals surface area contributed by atoms with Crippen LogP contribution in [-0.2, 0) is 20.8 Å². The number of thioether (sulfide) groups is 1. The van der Waals surface area contributed by atoms with Gasteiger partial charge >= 0.3 is 0 Å². The van der Waals surface area contributed by atoms with E-state index >= 15 is 0 Å². The molecule has 0 spiro atoms. The molecule has 0 saturated heterocycles. The van der Waals surface area contributed by atoms with Crippen molar-refractivity contribution in [2.45, 2.75) is 45.7 Å². The summed E-state index contributed by atoms with van der Waals surface area (Å²) in [6, 6.07) is 8.38. The molecule has 6 heteroatoms. The number of carbonyl (C=O) groups is 3. The highest BCUT2D eigenvalue weighted by molar-refractivity contribution is 7.99. The number of Topliss-reactive ketones (excluding diaryl/α,β-unsaturated/α-hetero) is 1. The molecule has 2 atom stereocenters. The van der Waals surface area contributed by atoms with Gasteiger partial charge in [0.2, 0.25) is 11.8 Å². The average Bonchev–Trinajstić information content (AvgIpc) is 2.54. The molecule has 0 heterocycles. The summed E-state index contributed by atoms with van der Waals surface area (Å²) in [6.07, 6.45) is 2.83. The van der Waals surface area contributed by atoms with Crippen molar-refractivity contribution in [3.05, 3.63) is 35.9 Å². The average molecular weight is 365 g/mol. The van der Waals surface area contributed by atoms with E-state index in [9.17, 15) is 14.4 Å². The van der Waals surface area contributed by atoms with E-state index in [0.29, 0.717) is 18.6 Å². The second kappa shape index (κ2) is 10.9. The number of rotatable bonds is 10. The van der Waals surface area contributed by atoms with E-state index in [1.807, 2.05) is 50.4 Å². The van der Waals surface area contributed by atoms with Gasteiger partial charge in [-0.1, -0.05) is 44.2 Å². The maximum Gasteiger partial charge on any atom is 0.243 e. The molecule has 0 bridgehead atoms. The van der Waals surface area contributed by atoms with E-state index < -0.39 is 12.1 Å². The van der Waals surface area contributed by atoms with Crippen LogP contribution in [0.1, 0.15) is 32.8 Å². The fourth-order valence-corrected chi connectivity index (χ4v) is 3.04. The molecule has 0 aliphatic carbocycles. The number of nitrogens with one attached hydrogen (secondary N) is 2. The lowest BCUT2D eigenvalue weighted by Crippen LogP contribution is -2.52. The number of hydrogen-bond donors (Lipinski definition) is 2. The molecule has 5 nitrogen and oxygen atoms in total. The Morgan fingerprint density at radius 2 is 1.68 bits per heavy atom. The van der Waals surface area contributed by atoms with Gasteiger partial charge in [-0.2, -0.15) is 11.8 Å². The van der Waals surface area contributed by atoms with Gasteiger partial charge in [0.25, 0.3) is 0 Å². The Labute approximate surface area is 154 Å². The van der Waals surface area contributed by atoms with Crippen LogP contribution in [0.5, 0.6) is 0 Å². The minimum atomic E-state index is -0.627. The molecule has 0 aliphatic heterocycles. The first kappa shape index (κ1) is 21.2. The summed E-state index contributed by atoms with van der Waals surface area (Å²) < 4.78 is 0. The zero-order valence-electron chi connectivity index (χ0n) is 15.4. The predicted molar refractivity (Wildman–Crippen MR) is 103 cm³/mol. The molecule has 2 N–H and O–H groups in total. The molecule has 1 aromatic rings. The van der Waals surface area contributed by atoms with Crippen molar-refractivity contribution in [1.82, 2.24) is 10.6 Å². The third-order valence-corrected chi connectivity index (χ3v) is 4.25.